The standard InChI is InChI=1S/C16H19F2NO/c1-3-19-14(9-7-12-5-4-10-20-12)13-8-6-11(2)15(17)16(13)18/h4-6,8,10,14,19H,3,7,9H2,1-2H3. The lowest BCUT2D eigenvalue weighted by molar-refractivity contribution is 0.431. The highest BCUT2D eigenvalue weighted by atomic mass is 19.2. The molecule has 0 saturated heterocycles. The molecular weight excluding hydrogens is 260 g/mol. The van der Waals surface area contributed by atoms with E-state index >= 15 is 0 Å². The number of furan rings is 1. The van der Waals surface area contributed by atoms with Crippen molar-refractivity contribution in [2.75, 3.05) is 6.54 Å². The maximum absolute atomic E-state index is 14.1. The van der Waals surface area contributed by atoms with Gasteiger partial charge < -0.3 is 9.73 Å². The molecule has 0 bridgehead atoms. The molecule has 2 rings (SSSR count). The first-order valence-electron chi connectivity index (χ1n) is 6.83. The zero-order valence-electron chi connectivity index (χ0n) is 11.7. The van der Waals surface area contributed by atoms with Gasteiger partial charge in [-0.2, -0.15) is 0 Å². The number of halogens is 2. The average Bonchev–Trinajstić information content (AvgIpc) is 2.95. The van der Waals surface area contributed by atoms with Crippen LogP contribution < -0.4 is 5.32 Å². The van der Waals surface area contributed by atoms with Gasteiger partial charge in [0.05, 0.1) is 6.26 Å². The minimum atomic E-state index is -0.761. The van der Waals surface area contributed by atoms with Crippen molar-refractivity contribution in [1.29, 1.82) is 0 Å². The van der Waals surface area contributed by atoms with Crippen LogP contribution in [0.4, 0.5) is 8.78 Å². The van der Waals surface area contributed by atoms with Gasteiger partial charge in [0.15, 0.2) is 11.6 Å². The molecule has 0 aliphatic heterocycles. The molecule has 4 heteroatoms. The van der Waals surface area contributed by atoms with Gasteiger partial charge in [-0.15, -0.1) is 0 Å². The quantitative estimate of drug-likeness (QED) is 0.859. The van der Waals surface area contributed by atoms with Gasteiger partial charge in [0.25, 0.3) is 0 Å². The highest BCUT2D eigenvalue weighted by Crippen LogP contribution is 2.25. The minimum Gasteiger partial charge on any atom is -0.469 e. The van der Waals surface area contributed by atoms with Crippen molar-refractivity contribution in [3.8, 4) is 0 Å². The van der Waals surface area contributed by atoms with Gasteiger partial charge in [0.1, 0.15) is 5.76 Å². The number of hydrogen-bond acceptors (Lipinski definition) is 2. The molecule has 108 valence electrons. The molecule has 0 aliphatic carbocycles. The summed E-state index contributed by atoms with van der Waals surface area (Å²) in [7, 11) is 0. The van der Waals surface area contributed by atoms with Crippen LogP contribution in [-0.2, 0) is 6.42 Å². The molecule has 0 aliphatic rings. The second-order valence-corrected chi connectivity index (χ2v) is 4.83. The van der Waals surface area contributed by atoms with Crippen molar-refractivity contribution in [1.82, 2.24) is 5.32 Å². The van der Waals surface area contributed by atoms with Gasteiger partial charge in [-0.05, 0) is 37.6 Å². The fourth-order valence-corrected chi connectivity index (χ4v) is 2.29. The fourth-order valence-electron chi connectivity index (χ4n) is 2.29. The Balaban J connectivity index is 2.17. The van der Waals surface area contributed by atoms with Gasteiger partial charge in [-0.25, -0.2) is 8.78 Å². The Bertz CT molecular complexity index is 552. The largest absolute Gasteiger partial charge is 0.469 e. The van der Waals surface area contributed by atoms with Gasteiger partial charge in [-0.3, -0.25) is 0 Å². The van der Waals surface area contributed by atoms with Gasteiger partial charge in [0.2, 0.25) is 0 Å². The van der Waals surface area contributed by atoms with E-state index in [1.54, 1.807) is 25.3 Å². The van der Waals surface area contributed by atoms with Gasteiger partial charge in [-0.1, -0.05) is 19.1 Å². The lowest BCUT2D eigenvalue weighted by Crippen LogP contribution is -2.23. The molecule has 0 amide bonds. The van der Waals surface area contributed by atoms with Crippen LogP contribution >= 0.6 is 0 Å². The Morgan fingerprint density at radius 1 is 1.20 bits per heavy atom. The molecule has 0 spiro atoms. The third-order valence-electron chi connectivity index (χ3n) is 3.39. The van der Waals surface area contributed by atoms with Crippen molar-refractivity contribution in [2.45, 2.75) is 32.7 Å². The number of rotatable bonds is 6. The van der Waals surface area contributed by atoms with E-state index in [-0.39, 0.29) is 6.04 Å². The zero-order valence-corrected chi connectivity index (χ0v) is 11.7. The van der Waals surface area contributed by atoms with Crippen LogP contribution in [0.15, 0.2) is 34.9 Å². The summed E-state index contributed by atoms with van der Waals surface area (Å²) in [5.74, 6) is -0.667. The monoisotopic (exact) mass is 279 g/mol. The van der Waals surface area contributed by atoms with Crippen molar-refractivity contribution in [3.63, 3.8) is 0 Å². The lowest BCUT2D eigenvalue weighted by atomic mass is 9.99. The first-order chi connectivity index (χ1) is 9.63. The van der Waals surface area contributed by atoms with Crippen LogP contribution in [0.2, 0.25) is 0 Å². The normalized spacial score (nSPS) is 12.6. The van der Waals surface area contributed by atoms with Crippen molar-refractivity contribution >= 4 is 0 Å². The number of benzene rings is 1. The predicted molar refractivity (Wildman–Crippen MR) is 74.5 cm³/mol. The first-order valence-corrected chi connectivity index (χ1v) is 6.83. The zero-order chi connectivity index (χ0) is 14.5. The molecule has 2 aromatic rings. The van der Waals surface area contributed by atoms with Crippen LogP contribution in [0.5, 0.6) is 0 Å². The average molecular weight is 279 g/mol. The van der Waals surface area contributed by atoms with E-state index in [1.807, 2.05) is 19.1 Å². The van der Waals surface area contributed by atoms with Crippen LogP contribution in [-0.4, -0.2) is 6.54 Å². The van der Waals surface area contributed by atoms with E-state index in [9.17, 15) is 8.78 Å². The number of nitrogens with one attached hydrogen (secondary N) is 1. The number of hydrogen-bond donors (Lipinski definition) is 1. The molecule has 1 atom stereocenters. The van der Waals surface area contributed by atoms with E-state index in [0.29, 0.717) is 30.5 Å². The molecule has 0 radical (unpaired) electrons. The third-order valence-corrected chi connectivity index (χ3v) is 3.39. The molecule has 20 heavy (non-hydrogen) atoms. The maximum Gasteiger partial charge on any atom is 0.163 e. The summed E-state index contributed by atoms with van der Waals surface area (Å²) in [6.45, 7) is 4.20. The van der Waals surface area contributed by atoms with E-state index in [1.165, 1.54) is 0 Å². The SMILES string of the molecule is CCNC(CCc1ccco1)c1ccc(C)c(F)c1F. The first kappa shape index (κ1) is 14.7. The molecule has 1 aromatic carbocycles. The Kier molecular flexibility index (Phi) is 4.90. The van der Waals surface area contributed by atoms with Crippen molar-refractivity contribution in [2.24, 2.45) is 0 Å². The van der Waals surface area contributed by atoms with Crippen LogP contribution in [0.25, 0.3) is 0 Å². The van der Waals surface area contributed by atoms with E-state index in [0.717, 1.165) is 5.76 Å². The smallest absolute Gasteiger partial charge is 0.163 e. The number of aryl methyl sites for hydroxylation is 2. The molecule has 1 unspecified atom stereocenters. The highest BCUT2D eigenvalue weighted by molar-refractivity contribution is 5.28. The second-order valence-electron chi connectivity index (χ2n) is 4.83. The predicted octanol–water partition coefficient (Wildman–Crippen LogP) is 4.15. The van der Waals surface area contributed by atoms with Crippen molar-refractivity contribution in [3.05, 3.63) is 59.1 Å². The Hall–Kier alpha value is -1.68. The minimum absolute atomic E-state index is 0.222. The molecule has 0 saturated carbocycles. The van der Waals surface area contributed by atoms with Crippen LogP contribution in [0.1, 0.15) is 36.3 Å². The summed E-state index contributed by atoms with van der Waals surface area (Å²) in [5.41, 5.74) is 0.703. The summed E-state index contributed by atoms with van der Waals surface area (Å²) >= 11 is 0. The highest BCUT2D eigenvalue weighted by Gasteiger charge is 2.19. The summed E-state index contributed by atoms with van der Waals surface area (Å²) in [6, 6.07) is 6.76. The van der Waals surface area contributed by atoms with Gasteiger partial charge >= 0.3 is 0 Å². The molecule has 1 aromatic heterocycles. The van der Waals surface area contributed by atoms with Gasteiger partial charge in [0, 0.05) is 18.0 Å². The van der Waals surface area contributed by atoms with E-state index < -0.39 is 11.6 Å². The van der Waals surface area contributed by atoms with Crippen LogP contribution in [0.3, 0.4) is 0 Å². The summed E-state index contributed by atoms with van der Waals surface area (Å²) in [6.07, 6.45) is 2.95. The van der Waals surface area contributed by atoms with Crippen molar-refractivity contribution < 1.29 is 13.2 Å². The Morgan fingerprint density at radius 3 is 2.65 bits per heavy atom. The molecule has 1 N–H and O–H groups in total. The molecule has 1 heterocycles. The fraction of sp³-hybridized carbons (Fsp3) is 0.375. The van der Waals surface area contributed by atoms with E-state index in [4.69, 9.17) is 4.42 Å². The van der Waals surface area contributed by atoms with E-state index in [2.05, 4.69) is 5.32 Å². The summed E-state index contributed by atoms with van der Waals surface area (Å²) in [5, 5.41) is 3.20. The Morgan fingerprint density at radius 2 is 2.00 bits per heavy atom. The second kappa shape index (κ2) is 6.66. The summed E-state index contributed by atoms with van der Waals surface area (Å²) < 4.78 is 33.0. The molecule has 2 nitrogen and oxygen atoms in total. The molecular formula is C16H19F2NO. The lowest BCUT2D eigenvalue weighted by Gasteiger charge is -2.19. The Labute approximate surface area is 117 Å². The van der Waals surface area contributed by atoms with Crippen LogP contribution in [0, 0.1) is 18.6 Å². The molecule has 0 fully saturated rings. The summed E-state index contributed by atoms with van der Waals surface area (Å²) in [4.78, 5) is 0. The maximum atomic E-state index is 14.1. The third kappa shape index (κ3) is 3.25. The topological polar surface area (TPSA) is 25.2 Å².